The lowest BCUT2D eigenvalue weighted by molar-refractivity contribution is 0.174. The second-order valence-electron chi connectivity index (χ2n) is 5.63. The van der Waals surface area contributed by atoms with Gasteiger partial charge in [-0.3, -0.25) is 0 Å². The minimum absolute atomic E-state index is 0.204. The molecule has 128 valence electrons. The molecule has 0 amide bonds. The molecule has 4 aromatic rings. The molecule has 0 saturated heterocycles. The van der Waals surface area contributed by atoms with Crippen molar-refractivity contribution in [3.63, 3.8) is 0 Å². The monoisotopic (exact) mass is 366 g/mol. The topological polar surface area (TPSA) is 53.5 Å². The molecular formula is C19H11FN2O3S. The quantitative estimate of drug-likeness (QED) is 0.510. The minimum atomic E-state index is -0.277. The summed E-state index contributed by atoms with van der Waals surface area (Å²) in [5, 5.41) is 2.76. The number of rotatable bonds is 3. The van der Waals surface area contributed by atoms with Crippen LogP contribution in [0.1, 0.15) is 0 Å². The summed E-state index contributed by atoms with van der Waals surface area (Å²) in [5.74, 6) is 2.07. The molecule has 1 aliphatic rings. The molecule has 0 unspecified atom stereocenters. The van der Waals surface area contributed by atoms with Crippen molar-refractivity contribution in [2.75, 3.05) is 6.79 Å². The second-order valence-corrected chi connectivity index (χ2v) is 6.49. The van der Waals surface area contributed by atoms with Gasteiger partial charge in [0.1, 0.15) is 22.7 Å². The van der Waals surface area contributed by atoms with E-state index in [0.29, 0.717) is 23.1 Å². The Hall–Kier alpha value is -3.19. The smallest absolute Gasteiger partial charge is 0.231 e. The SMILES string of the molecule is Fc1ccc(-c2csc3ncnc(Oc4ccc5c(c4)OCO5)c23)cc1. The van der Waals surface area contributed by atoms with Crippen molar-refractivity contribution >= 4 is 21.6 Å². The summed E-state index contributed by atoms with van der Waals surface area (Å²) in [6, 6.07) is 11.7. The number of aromatic nitrogens is 2. The zero-order valence-electron chi connectivity index (χ0n) is 13.3. The normalized spacial score (nSPS) is 12.5. The van der Waals surface area contributed by atoms with Crippen molar-refractivity contribution in [1.29, 1.82) is 0 Å². The van der Waals surface area contributed by atoms with Crippen LogP contribution in [0.3, 0.4) is 0 Å². The van der Waals surface area contributed by atoms with Crippen LogP contribution >= 0.6 is 11.3 Å². The predicted octanol–water partition coefficient (Wildman–Crippen LogP) is 5.02. The average Bonchev–Trinajstić information content (AvgIpc) is 3.29. The molecule has 0 spiro atoms. The lowest BCUT2D eigenvalue weighted by Crippen LogP contribution is -1.93. The number of benzene rings is 2. The van der Waals surface area contributed by atoms with Crippen molar-refractivity contribution in [1.82, 2.24) is 9.97 Å². The minimum Gasteiger partial charge on any atom is -0.454 e. The van der Waals surface area contributed by atoms with E-state index >= 15 is 0 Å². The van der Waals surface area contributed by atoms with Crippen molar-refractivity contribution in [3.05, 3.63) is 60.0 Å². The maximum atomic E-state index is 13.2. The van der Waals surface area contributed by atoms with Crippen LogP contribution in [0.5, 0.6) is 23.1 Å². The molecule has 0 fully saturated rings. The van der Waals surface area contributed by atoms with E-state index in [1.54, 1.807) is 30.3 Å². The third kappa shape index (κ3) is 2.53. The predicted molar refractivity (Wildman–Crippen MR) is 95.4 cm³/mol. The highest BCUT2D eigenvalue weighted by atomic mass is 32.1. The number of ether oxygens (including phenoxy) is 3. The molecule has 1 aliphatic heterocycles. The zero-order chi connectivity index (χ0) is 17.5. The molecule has 3 heterocycles. The van der Waals surface area contributed by atoms with Gasteiger partial charge in [-0.05, 0) is 29.8 Å². The lowest BCUT2D eigenvalue weighted by atomic mass is 10.1. The van der Waals surface area contributed by atoms with Gasteiger partial charge in [-0.25, -0.2) is 14.4 Å². The third-order valence-electron chi connectivity index (χ3n) is 4.05. The first kappa shape index (κ1) is 15.1. The molecule has 5 nitrogen and oxygen atoms in total. The number of thiophene rings is 1. The molecule has 0 bridgehead atoms. The first-order valence-corrected chi connectivity index (χ1v) is 8.71. The summed E-state index contributed by atoms with van der Waals surface area (Å²) in [4.78, 5) is 9.41. The van der Waals surface area contributed by atoms with Gasteiger partial charge in [0.2, 0.25) is 12.7 Å². The van der Waals surface area contributed by atoms with E-state index in [1.165, 1.54) is 29.8 Å². The number of fused-ring (bicyclic) bond motifs is 2. The first-order chi connectivity index (χ1) is 12.8. The van der Waals surface area contributed by atoms with E-state index in [9.17, 15) is 4.39 Å². The number of hydrogen-bond donors (Lipinski definition) is 0. The number of hydrogen-bond acceptors (Lipinski definition) is 6. The van der Waals surface area contributed by atoms with Crippen LogP contribution in [0.25, 0.3) is 21.3 Å². The second kappa shape index (κ2) is 5.96. The van der Waals surface area contributed by atoms with Crippen LogP contribution in [0.15, 0.2) is 54.2 Å². The van der Waals surface area contributed by atoms with Crippen LogP contribution in [0, 0.1) is 5.82 Å². The highest BCUT2D eigenvalue weighted by Crippen LogP contribution is 2.41. The first-order valence-electron chi connectivity index (χ1n) is 7.83. The number of halogens is 1. The fourth-order valence-corrected chi connectivity index (χ4v) is 3.73. The van der Waals surface area contributed by atoms with Crippen LogP contribution in [-0.2, 0) is 0 Å². The van der Waals surface area contributed by atoms with E-state index in [-0.39, 0.29) is 12.6 Å². The fourth-order valence-electron chi connectivity index (χ4n) is 2.82. The Labute approximate surface area is 151 Å². The van der Waals surface area contributed by atoms with E-state index < -0.39 is 0 Å². The molecule has 0 N–H and O–H groups in total. The van der Waals surface area contributed by atoms with Gasteiger partial charge < -0.3 is 14.2 Å². The standard InChI is InChI=1S/C19H11FN2O3S/c20-12-3-1-11(2-4-12)14-8-26-19-17(14)18(21-9-22-19)25-13-5-6-15-16(7-13)24-10-23-15/h1-9H,10H2. The Morgan fingerprint density at radius 1 is 1.00 bits per heavy atom. The molecule has 2 aromatic carbocycles. The van der Waals surface area contributed by atoms with Crippen LogP contribution in [0.4, 0.5) is 4.39 Å². The summed E-state index contributed by atoms with van der Waals surface area (Å²) in [6.07, 6.45) is 1.47. The molecular weight excluding hydrogens is 355 g/mol. The molecule has 0 aliphatic carbocycles. The zero-order valence-corrected chi connectivity index (χ0v) is 14.1. The van der Waals surface area contributed by atoms with Gasteiger partial charge in [0.05, 0.1) is 5.39 Å². The fraction of sp³-hybridized carbons (Fsp3) is 0.0526. The summed E-state index contributed by atoms with van der Waals surface area (Å²) in [7, 11) is 0. The summed E-state index contributed by atoms with van der Waals surface area (Å²) < 4.78 is 30.0. The maximum absolute atomic E-state index is 13.2. The van der Waals surface area contributed by atoms with E-state index in [4.69, 9.17) is 14.2 Å². The molecule has 7 heteroatoms. The molecule has 0 radical (unpaired) electrons. The Morgan fingerprint density at radius 2 is 1.85 bits per heavy atom. The molecule has 0 atom stereocenters. The highest BCUT2D eigenvalue weighted by molar-refractivity contribution is 7.17. The lowest BCUT2D eigenvalue weighted by Gasteiger charge is -2.08. The number of nitrogens with zero attached hydrogens (tertiary/aromatic N) is 2. The van der Waals surface area contributed by atoms with Crippen molar-refractivity contribution in [2.45, 2.75) is 0 Å². The highest BCUT2D eigenvalue weighted by Gasteiger charge is 2.17. The van der Waals surface area contributed by atoms with E-state index in [1.807, 2.05) is 5.38 Å². The Kier molecular flexibility index (Phi) is 3.46. The van der Waals surface area contributed by atoms with Gasteiger partial charge in [0, 0.05) is 17.0 Å². The van der Waals surface area contributed by atoms with E-state index in [2.05, 4.69) is 9.97 Å². The molecule has 2 aromatic heterocycles. The molecule has 26 heavy (non-hydrogen) atoms. The van der Waals surface area contributed by atoms with Crippen LogP contribution in [0.2, 0.25) is 0 Å². The van der Waals surface area contributed by atoms with Gasteiger partial charge in [-0.2, -0.15) is 0 Å². The summed E-state index contributed by atoms with van der Waals surface area (Å²) in [5.41, 5.74) is 1.78. The van der Waals surface area contributed by atoms with Crippen molar-refractivity contribution in [2.24, 2.45) is 0 Å². The Balaban J connectivity index is 1.59. The third-order valence-corrected chi connectivity index (χ3v) is 4.94. The van der Waals surface area contributed by atoms with Gasteiger partial charge in [0.25, 0.3) is 0 Å². The van der Waals surface area contributed by atoms with Gasteiger partial charge >= 0.3 is 0 Å². The Bertz CT molecular complexity index is 1110. The summed E-state index contributed by atoms with van der Waals surface area (Å²) >= 11 is 1.49. The van der Waals surface area contributed by atoms with Crippen LogP contribution in [-0.4, -0.2) is 16.8 Å². The van der Waals surface area contributed by atoms with Gasteiger partial charge in [-0.15, -0.1) is 11.3 Å². The molecule has 0 saturated carbocycles. The van der Waals surface area contributed by atoms with Crippen molar-refractivity contribution < 1.29 is 18.6 Å². The maximum Gasteiger partial charge on any atom is 0.231 e. The Morgan fingerprint density at radius 3 is 2.73 bits per heavy atom. The molecule has 5 rings (SSSR count). The summed E-state index contributed by atoms with van der Waals surface area (Å²) in [6.45, 7) is 0.204. The van der Waals surface area contributed by atoms with Crippen LogP contribution < -0.4 is 14.2 Å². The van der Waals surface area contributed by atoms with Gasteiger partial charge in [0.15, 0.2) is 11.5 Å². The van der Waals surface area contributed by atoms with Crippen molar-refractivity contribution in [3.8, 4) is 34.3 Å². The average molecular weight is 366 g/mol. The largest absolute Gasteiger partial charge is 0.454 e. The van der Waals surface area contributed by atoms with E-state index in [0.717, 1.165) is 21.3 Å². The van der Waals surface area contributed by atoms with Gasteiger partial charge in [-0.1, -0.05) is 12.1 Å².